The zero-order valence-corrected chi connectivity index (χ0v) is 20.0. The number of aromatic nitrogens is 1. The Morgan fingerprint density at radius 2 is 1.64 bits per heavy atom. The summed E-state index contributed by atoms with van der Waals surface area (Å²) >= 11 is 0. The highest BCUT2D eigenvalue weighted by Crippen LogP contribution is 2.44. The monoisotopic (exact) mass is 482 g/mol. The van der Waals surface area contributed by atoms with Crippen LogP contribution in [0.3, 0.4) is 0 Å². The first-order valence-electron chi connectivity index (χ1n) is 12.3. The van der Waals surface area contributed by atoms with E-state index in [1.165, 1.54) is 11.1 Å². The molecule has 7 nitrogen and oxygen atoms in total. The van der Waals surface area contributed by atoms with Crippen molar-refractivity contribution in [3.63, 3.8) is 0 Å². The number of hydrogen-bond donors (Lipinski definition) is 4. The van der Waals surface area contributed by atoms with E-state index in [1.54, 1.807) is 0 Å². The lowest BCUT2D eigenvalue weighted by atomic mass is 9.98. The fourth-order valence-electron chi connectivity index (χ4n) is 4.96. The van der Waals surface area contributed by atoms with Crippen molar-refractivity contribution in [2.75, 3.05) is 18.5 Å². The molecule has 7 heteroatoms. The average molecular weight is 483 g/mol. The minimum atomic E-state index is -0.735. The Bertz CT molecular complexity index is 1330. The third-order valence-electron chi connectivity index (χ3n) is 6.75. The SMILES string of the molecule is NCCCC[C@H](NC(=O)OCC1c2ccccc2-c2ccccc21)C(=O)Nc1cccc2[nH]ccc12. The molecule has 2 amide bonds. The van der Waals surface area contributed by atoms with Gasteiger partial charge in [0.1, 0.15) is 12.6 Å². The van der Waals surface area contributed by atoms with Crippen molar-refractivity contribution in [2.24, 2.45) is 5.73 Å². The number of anilines is 1. The lowest BCUT2D eigenvalue weighted by Crippen LogP contribution is -2.44. The molecule has 0 saturated carbocycles. The molecule has 1 aliphatic rings. The molecule has 0 unspecified atom stereocenters. The summed E-state index contributed by atoms with van der Waals surface area (Å²) in [6.45, 7) is 0.724. The molecule has 1 atom stereocenters. The normalized spacial score (nSPS) is 13.1. The smallest absolute Gasteiger partial charge is 0.407 e. The average Bonchev–Trinajstić information content (AvgIpc) is 3.50. The highest BCUT2D eigenvalue weighted by molar-refractivity contribution is 6.03. The Balaban J connectivity index is 1.26. The highest BCUT2D eigenvalue weighted by Gasteiger charge is 2.29. The number of fused-ring (bicyclic) bond motifs is 4. The third kappa shape index (κ3) is 4.83. The van der Waals surface area contributed by atoms with Gasteiger partial charge in [-0.25, -0.2) is 4.79 Å². The van der Waals surface area contributed by atoms with E-state index >= 15 is 0 Å². The number of ether oxygens (including phenoxy) is 1. The lowest BCUT2D eigenvalue weighted by molar-refractivity contribution is -0.118. The van der Waals surface area contributed by atoms with Gasteiger partial charge in [0.2, 0.25) is 5.91 Å². The number of unbranched alkanes of at least 4 members (excludes halogenated alkanes) is 1. The third-order valence-corrected chi connectivity index (χ3v) is 6.75. The van der Waals surface area contributed by atoms with Crippen molar-refractivity contribution in [2.45, 2.75) is 31.2 Å². The number of aromatic amines is 1. The van der Waals surface area contributed by atoms with E-state index in [4.69, 9.17) is 10.5 Å². The molecule has 1 aliphatic carbocycles. The first-order valence-corrected chi connectivity index (χ1v) is 12.3. The molecule has 0 radical (unpaired) electrons. The van der Waals surface area contributed by atoms with E-state index in [-0.39, 0.29) is 18.4 Å². The predicted molar refractivity (Wildman–Crippen MR) is 142 cm³/mol. The molecule has 5 rings (SSSR count). The number of benzene rings is 3. The zero-order chi connectivity index (χ0) is 24.9. The molecule has 36 heavy (non-hydrogen) atoms. The molecule has 0 aliphatic heterocycles. The second-order valence-corrected chi connectivity index (χ2v) is 9.04. The molecule has 4 aromatic rings. The fourth-order valence-corrected chi connectivity index (χ4v) is 4.96. The van der Waals surface area contributed by atoms with E-state index in [1.807, 2.05) is 54.7 Å². The number of H-pyrrole nitrogens is 1. The second-order valence-electron chi connectivity index (χ2n) is 9.04. The number of rotatable bonds is 9. The van der Waals surface area contributed by atoms with Gasteiger partial charge in [-0.05, 0) is 66.3 Å². The maximum atomic E-state index is 13.2. The largest absolute Gasteiger partial charge is 0.449 e. The second kappa shape index (κ2) is 10.7. The Morgan fingerprint density at radius 3 is 2.36 bits per heavy atom. The zero-order valence-electron chi connectivity index (χ0n) is 20.0. The number of amides is 2. The van der Waals surface area contributed by atoms with Gasteiger partial charge >= 0.3 is 6.09 Å². The van der Waals surface area contributed by atoms with Crippen LogP contribution in [-0.4, -0.2) is 36.2 Å². The quantitative estimate of drug-likeness (QED) is 0.248. The predicted octanol–water partition coefficient (Wildman–Crippen LogP) is 5.14. The molecular weight excluding hydrogens is 452 g/mol. The minimum absolute atomic E-state index is 0.0427. The van der Waals surface area contributed by atoms with E-state index in [0.717, 1.165) is 28.5 Å². The van der Waals surface area contributed by atoms with Gasteiger partial charge in [-0.15, -0.1) is 0 Å². The number of nitrogens with two attached hydrogens (primary N) is 1. The van der Waals surface area contributed by atoms with Crippen LogP contribution in [0.25, 0.3) is 22.0 Å². The molecule has 1 heterocycles. The van der Waals surface area contributed by atoms with Gasteiger partial charge in [-0.2, -0.15) is 0 Å². The van der Waals surface area contributed by atoms with Crippen LogP contribution in [0.15, 0.2) is 79.0 Å². The van der Waals surface area contributed by atoms with Crippen LogP contribution in [0.2, 0.25) is 0 Å². The maximum absolute atomic E-state index is 13.2. The number of carbonyl (C=O) groups excluding carboxylic acids is 2. The summed E-state index contributed by atoms with van der Waals surface area (Å²) in [5, 5.41) is 6.66. The summed E-state index contributed by atoms with van der Waals surface area (Å²) in [6, 6.07) is 23.2. The van der Waals surface area contributed by atoms with Crippen LogP contribution in [0.5, 0.6) is 0 Å². The topological polar surface area (TPSA) is 109 Å². The van der Waals surface area contributed by atoms with Crippen LogP contribution in [0.1, 0.15) is 36.3 Å². The fraction of sp³-hybridized carbons (Fsp3) is 0.241. The number of hydrogen-bond acceptors (Lipinski definition) is 4. The highest BCUT2D eigenvalue weighted by atomic mass is 16.5. The van der Waals surface area contributed by atoms with E-state index in [0.29, 0.717) is 25.1 Å². The van der Waals surface area contributed by atoms with Crippen molar-refractivity contribution >= 4 is 28.6 Å². The number of alkyl carbamates (subject to hydrolysis) is 1. The van der Waals surface area contributed by atoms with Crippen LogP contribution >= 0.6 is 0 Å². The summed E-state index contributed by atoms with van der Waals surface area (Å²) in [6.07, 6.45) is 3.17. The Morgan fingerprint density at radius 1 is 0.917 bits per heavy atom. The van der Waals surface area contributed by atoms with Crippen LogP contribution in [0, 0.1) is 0 Å². The first kappa shape index (κ1) is 23.6. The van der Waals surface area contributed by atoms with Crippen molar-refractivity contribution in [1.29, 1.82) is 0 Å². The van der Waals surface area contributed by atoms with Crippen LogP contribution in [0.4, 0.5) is 10.5 Å². The molecule has 1 aromatic heterocycles. The van der Waals surface area contributed by atoms with E-state index in [2.05, 4.69) is 39.9 Å². The van der Waals surface area contributed by atoms with Gasteiger partial charge in [0.25, 0.3) is 0 Å². The van der Waals surface area contributed by atoms with Crippen LogP contribution < -0.4 is 16.4 Å². The Hall–Kier alpha value is -4.10. The molecule has 0 saturated heterocycles. The molecular formula is C29H30N4O3. The molecule has 3 aromatic carbocycles. The van der Waals surface area contributed by atoms with Crippen molar-refractivity contribution in [3.05, 3.63) is 90.1 Å². The standard InChI is InChI=1S/C29H30N4O3/c30-16-6-5-12-27(28(34)32-26-14-7-13-25-23(26)15-17-31-25)33-29(35)36-18-24-21-10-3-1-8-19(21)20-9-2-4-11-22(20)24/h1-4,7-11,13-15,17,24,27,31H,5-6,12,16,18,30H2,(H,32,34)(H,33,35)/t27-/m0/s1. The van der Waals surface area contributed by atoms with Crippen molar-refractivity contribution < 1.29 is 14.3 Å². The first-order chi connectivity index (χ1) is 17.7. The summed E-state index contributed by atoms with van der Waals surface area (Å²) in [7, 11) is 0. The van der Waals surface area contributed by atoms with Gasteiger partial charge in [0, 0.05) is 23.0 Å². The van der Waals surface area contributed by atoms with Gasteiger partial charge in [-0.3, -0.25) is 4.79 Å². The van der Waals surface area contributed by atoms with Crippen molar-refractivity contribution in [3.8, 4) is 11.1 Å². The Labute approximate surface area is 210 Å². The lowest BCUT2D eigenvalue weighted by Gasteiger charge is -2.20. The summed E-state index contributed by atoms with van der Waals surface area (Å²) in [4.78, 5) is 29.2. The Kier molecular flexibility index (Phi) is 7.00. The molecule has 184 valence electrons. The minimum Gasteiger partial charge on any atom is -0.449 e. The molecule has 0 spiro atoms. The van der Waals surface area contributed by atoms with Gasteiger partial charge in [0.15, 0.2) is 0 Å². The molecule has 0 bridgehead atoms. The summed E-state index contributed by atoms with van der Waals surface area (Å²) in [5.41, 5.74) is 11.9. The van der Waals surface area contributed by atoms with Crippen LogP contribution in [-0.2, 0) is 9.53 Å². The van der Waals surface area contributed by atoms with E-state index < -0.39 is 12.1 Å². The van der Waals surface area contributed by atoms with Gasteiger partial charge < -0.3 is 26.1 Å². The maximum Gasteiger partial charge on any atom is 0.407 e. The number of nitrogens with one attached hydrogen (secondary N) is 3. The summed E-state index contributed by atoms with van der Waals surface area (Å²) < 4.78 is 5.67. The number of carbonyl (C=O) groups is 2. The molecule has 0 fully saturated rings. The van der Waals surface area contributed by atoms with Crippen molar-refractivity contribution in [1.82, 2.24) is 10.3 Å². The molecule has 5 N–H and O–H groups in total. The summed E-state index contributed by atoms with van der Waals surface area (Å²) in [5.74, 6) is -0.326. The van der Waals surface area contributed by atoms with Gasteiger partial charge in [-0.1, -0.05) is 54.6 Å². The van der Waals surface area contributed by atoms with Gasteiger partial charge in [0.05, 0.1) is 5.69 Å². The van der Waals surface area contributed by atoms with E-state index in [9.17, 15) is 9.59 Å².